The van der Waals surface area contributed by atoms with Crippen LogP contribution in [0.5, 0.6) is 0 Å². The Hall–Kier alpha value is -3.48. The predicted octanol–water partition coefficient (Wildman–Crippen LogP) is 11.3. The highest BCUT2D eigenvalue weighted by Crippen LogP contribution is 2.29. The summed E-state index contributed by atoms with van der Waals surface area (Å²) in [5.74, 6) is 0. The monoisotopic (exact) mass is 686 g/mol. The van der Waals surface area contributed by atoms with E-state index < -0.39 is 14.6 Å². The highest BCUT2D eigenvalue weighted by Gasteiger charge is 2.31. The minimum Gasteiger partial charge on any atom is -0.423 e. The van der Waals surface area contributed by atoms with E-state index in [4.69, 9.17) is 4.42 Å². The van der Waals surface area contributed by atoms with E-state index in [2.05, 4.69) is 109 Å². The number of aryl methyl sites for hydroxylation is 3. The lowest BCUT2D eigenvalue weighted by molar-refractivity contribution is 0.378. The van der Waals surface area contributed by atoms with E-state index in [1.165, 1.54) is 33.6 Å². The van der Waals surface area contributed by atoms with Gasteiger partial charge in [0.1, 0.15) is 9.79 Å². The van der Waals surface area contributed by atoms with Crippen LogP contribution in [-0.4, -0.2) is 13.2 Å². The first kappa shape index (κ1) is 39.0. The molecule has 258 valence electrons. The van der Waals surface area contributed by atoms with Crippen molar-refractivity contribution in [1.29, 1.82) is 0 Å². The maximum absolute atomic E-state index is 11.7. The third-order valence-corrected chi connectivity index (χ3v) is 12.1. The molecule has 0 atom stereocenters. The van der Waals surface area contributed by atoms with Crippen molar-refractivity contribution in [2.75, 3.05) is 0 Å². The molecule has 0 N–H and O–H groups in total. The number of rotatable bonds is 5. The molecular formula is C42H54O4S2. The highest BCUT2D eigenvalue weighted by molar-refractivity contribution is 7.94. The zero-order valence-electron chi connectivity index (χ0n) is 30.7. The second kappa shape index (κ2) is 15.8. The maximum atomic E-state index is 11.7. The van der Waals surface area contributed by atoms with Crippen LogP contribution in [0.25, 0.3) is 11.0 Å². The molecule has 4 nitrogen and oxygen atoms in total. The normalized spacial score (nSPS) is 12.1. The van der Waals surface area contributed by atoms with Crippen molar-refractivity contribution < 1.29 is 12.8 Å². The molecule has 5 aromatic rings. The van der Waals surface area contributed by atoms with E-state index in [-0.39, 0.29) is 16.5 Å². The van der Waals surface area contributed by atoms with Crippen LogP contribution in [0.3, 0.4) is 0 Å². The van der Waals surface area contributed by atoms with Gasteiger partial charge in [-0.15, -0.1) is 11.3 Å². The minimum absolute atomic E-state index is 0.214. The summed E-state index contributed by atoms with van der Waals surface area (Å²) in [6.07, 6.45) is 2.99. The molecule has 0 radical (unpaired) electrons. The average molecular weight is 687 g/mol. The maximum Gasteiger partial charge on any atom is 0.336 e. The number of thiophene rings is 1. The van der Waals surface area contributed by atoms with Crippen molar-refractivity contribution in [3.8, 4) is 0 Å². The molecule has 5 rings (SSSR count). The SMILES string of the molecule is CC(C)(C)S(=O)(=O)c1cccs1.CC(C)(C)c1ccccc1Cc1ccccc1.Cc1cc2oc(=O)cc(CCC(C)(C)C)c2cc1C. The Labute approximate surface area is 293 Å². The summed E-state index contributed by atoms with van der Waals surface area (Å²) in [5, 5.41) is 2.85. The van der Waals surface area contributed by atoms with E-state index >= 15 is 0 Å². The summed E-state index contributed by atoms with van der Waals surface area (Å²) in [6, 6.07) is 28.6. The van der Waals surface area contributed by atoms with Gasteiger partial charge in [0.2, 0.25) is 0 Å². The van der Waals surface area contributed by atoms with Crippen LogP contribution in [0.4, 0.5) is 0 Å². The molecule has 0 saturated carbocycles. The third kappa shape index (κ3) is 11.0. The largest absolute Gasteiger partial charge is 0.423 e. The van der Waals surface area contributed by atoms with Gasteiger partial charge in [0.15, 0.2) is 9.84 Å². The lowest BCUT2D eigenvalue weighted by Crippen LogP contribution is -2.27. The lowest BCUT2D eigenvalue weighted by Gasteiger charge is -2.23. The molecular weight excluding hydrogens is 633 g/mol. The third-order valence-electron chi connectivity index (χ3n) is 8.22. The molecule has 0 aliphatic carbocycles. The molecule has 2 aromatic heterocycles. The Bertz CT molecular complexity index is 1930. The van der Waals surface area contributed by atoms with Crippen molar-refractivity contribution in [3.63, 3.8) is 0 Å². The number of hydrogen-bond acceptors (Lipinski definition) is 5. The average Bonchev–Trinajstić information content (AvgIpc) is 3.53. The van der Waals surface area contributed by atoms with E-state index in [1.807, 2.05) is 13.0 Å². The predicted molar refractivity (Wildman–Crippen MR) is 205 cm³/mol. The van der Waals surface area contributed by atoms with E-state index in [1.54, 1.807) is 44.4 Å². The first-order chi connectivity index (χ1) is 22.2. The van der Waals surface area contributed by atoms with Crippen LogP contribution in [-0.2, 0) is 28.1 Å². The molecule has 0 saturated heterocycles. The van der Waals surface area contributed by atoms with Crippen LogP contribution in [0.2, 0.25) is 0 Å². The van der Waals surface area contributed by atoms with E-state index in [9.17, 15) is 13.2 Å². The molecule has 0 aliphatic heterocycles. The van der Waals surface area contributed by atoms with Crippen LogP contribution < -0.4 is 5.63 Å². The number of fused-ring (bicyclic) bond motifs is 1. The molecule has 0 unspecified atom stereocenters. The summed E-state index contributed by atoms with van der Waals surface area (Å²) in [5.41, 5.74) is 8.69. The molecule has 3 aromatic carbocycles. The zero-order valence-corrected chi connectivity index (χ0v) is 32.4. The first-order valence-electron chi connectivity index (χ1n) is 16.6. The summed E-state index contributed by atoms with van der Waals surface area (Å²) >= 11 is 1.27. The fraction of sp³-hybridized carbons (Fsp3) is 0.405. The molecule has 48 heavy (non-hydrogen) atoms. The fourth-order valence-corrected chi connectivity index (χ4v) is 7.87. The van der Waals surface area contributed by atoms with Crippen LogP contribution in [0.15, 0.2) is 104 Å². The van der Waals surface area contributed by atoms with Crippen LogP contribution in [0, 0.1) is 19.3 Å². The van der Waals surface area contributed by atoms with Gasteiger partial charge in [-0.1, -0.05) is 102 Å². The molecule has 0 fully saturated rings. The fourth-order valence-electron chi connectivity index (χ4n) is 5.14. The smallest absolute Gasteiger partial charge is 0.336 e. The van der Waals surface area contributed by atoms with Gasteiger partial charge in [-0.05, 0) is 122 Å². The van der Waals surface area contributed by atoms with E-state index in [0.717, 1.165) is 35.8 Å². The number of hydrogen-bond donors (Lipinski definition) is 0. The van der Waals surface area contributed by atoms with Gasteiger partial charge in [-0.25, -0.2) is 13.2 Å². The van der Waals surface area contributed by atoms with Gasteiger partial charge in [0.25, 0.3) is 0 Å². The van der Waals surface area contributed by atoms with Crippen molar-refractivity contribution in [2.45, 2.75) is 110 Å². The van der Waals surface area contributed by atoms with E-state index in [0.29, 0.717) is 9.79 Å². The van der Waals surface area contributed by atoms with Crippen molar-refractivity contribution in [2.24, 2.45) is 5.41 Å². The standard InChI is InChI=1S/C17H22O2.C17H20.C8H12O2S2/c1-11-8-14-13(6-7-17(3,4)5)10-16(18)19-15(14)9-12(11)2;1-17(2,3)16-12-8-7-11-15(16)13-14-9-5-4-6-10-14;1-8(2,3)12(9,10)7-5-4-6-11-7/h8-10H,6-7H2,1-5H3;4-12H,13H2,1-3H3;4-6H,1-3H3. The summed E-state index contributed by atoms with van der Waals surface area (Å²) in [7, 11) is -3.11. The zero-order chi connectivity index (χ0) is 35.9. The van der Waals surface area contributed by atoms with Gasteiger partial charge >= 0.3 is 5.63 Å². The summed E-state index contributed by atoms with van der Waals surface area (Å²) in [4.78, 5) is 11.7. The molecule has 0 bridgehead atoms. The van der Waals surface area contributed by atoms with Crippen molar-refractivity contribution >= 4 is 32.1 Å². The minimum atomic E-state index is -3.11. The van der Waals surface area contributed by atoms with Gasteiger partial charge in [-0.2, -0.15) is 0 Å². The van der Waals surface area contributed by atoms with Gasteiger partial charge in [0, 0.05) is 11.5 Å². The van der Waals surface area contributed by atoms with Gasteiger partial charge in [0.05, 0.1) is 4.75 Å². The molecule has 0 aliphatic rings. The molecule has 6 heteroatoms. The second-order valence-electron chi connectivity index (χ2n) is 15.7. The van der Waals surface area contributed by atoms with Crippen LogP contribution >= 0.6 is 11.3 Å². The highest BCUT2D eigenvalue weighted by atomic mass is 32.2. The lowest BCUT2D eigenvalue weighted by atomic mass is 9.82. The van der Waals surface area contributed by atoms with Gasteiger partial charge < -0.3 is 4.42 Å². The Balaban J connectivity index is 0.000000200. The Kier molecular flexibility index (Phi) is 12.8. The summed E-state index contributed by atoms with van der Waals surface area (Å²) in [6.45, 7) is 22.7. The molecule has 0 spiro atoms. The Morgan fingerprint density at radius 2 is 1.31 bits per heavy atom. The Morgan fingerprint density at radius 3 is 1.88 bits per heavy atom. The molecule has 2 heterocycles. The number of sulfone groups is 1. The van der Waals surface area contributed by atoms with Crippen molar-refractivity contribution in [3.05, 3.63) is 134 Å². The Morgan fingerprint density at radius 1 is 0.708 bits per heavy atom. The first-order valence-corrected chi connectivity index (χ1v) is 19.0. The number of benzene rings is 3. The summed E-state index contributed by atoms with van der Waals surface area (Å²) < 4.78 is 28.5. The van der Waals surface area contributed by atoms with Crippen molar-refractivity contribution in [1.82, 2.24) is 0 Å². The topological polar surface area (TPSA) is 64.3 Å². The van der Waals surface area contributed by atoms with Gasteiger partial charge in [-0.3, -0.25) is 0 Å². The second-order valence-corrected chi connectivity index (χ2v) is 19.6. The quantitative estimate of drug-likeness (QED) is 0.173. The molecule has 0 amide bonds. The van der Waals surface area contributed by atoms with Crippen LogP contribution in [0.1, 0.15) is 102 Å².